The number of nitrogens with zero attached hydrogens (tertiary/aromatic N) is 1. The Kier molecular flexibility index (Phi) is 5.46. The zero-order valence-corrected chi connectivity index (χ0v) is 11.4. The molecule has 2 aliphatic heterocycles. The van der Waals surface area contributed by atoms with Gasteiger partial charge in [0.25, 0.3) is 0 Å². The highest BCUT2D eigenvalue weighted by atomic mass is 32.2. The van der Waals surface area contributed by atoms with E-state index in [2.05, 4.69) is 29.0 Å². The zero-order chi connectivity index (χ0) is 11.2. The minimum atomic E-state index is 0.866. The highest BCUT2D eigenvalue weighted by Gasteiger charge is 2.29. The number of hydrogen-bond donors (Lipinski definition) is 1. The Bertz CT molecular complexity index is 192. The Morgan fingerprint density at radius 2 is 2.19 bits per heavy atom. The van der Waals surface area contributed by atoms with Crippen LogP contribution in [0.4, 0.5) is 0 Å². The van der Waals surface area contributed by atoms with Gasteiger partial charge in [0.2, 0.25) is 0 Å². The van der Waals surface area contributed by atoms with Crippen LogP contribution in [0.5, 0.6) is 0 Å². The molecule has 1 N–H and O–H groups in total. The van der Waals surface area contributed by atoms with E-state index in [-0.39, 0.29) is 0 Å². The highest BCUT2D eigenvalue weighted by Crippen LogP contribution is 2.28. The van der Waals surface area contributed by atoms with Gasteiger partial charge in [-0.3, -0.25) is 4.90 Å². The summed E-state index contributed by atoms with van der Waals surface area (Å²) in [5, 5.41) is 3.31. The Hall–Kier alpha value is 0.270. The monoisotopic (exact) mass is 242 g/mol. The summed E-state index contributed by atoms with van der Waals surface area (Å²) in [6.45, 7) is 2.54. The van der Waals surface area contributed by atoms with E-state index < -0.39 is 0 Å². The van der Waals surface area contributed by atoms with Gasteiger partial charge in [-0.05, 0) is 58.0 Å². The fourth-order valence-electron chi connectivity index (χ4n) is 3.11. The molecule has 0 aromatic carbocycles. The first kappa shape index (κ1) is 12.7. The van der Waals surface area contributed by atoms with Gasteiger partial charge in [0.15, 0.2) is 0 Å². The lowest BCUT2D eigenvalue weighted by Crippen LogP contribution is -2.49. The van der Waals surface area contributed by atoms with E-state index in [0.717, 1.165) is 12.1 Å². The van der Waals surface area contributed by atoms with Crippen LogP contribution < -0.4 is 5.32 Å². The maximum absolute atomic E-state index is 3.31. The summed E-state index contributed by atoms with van der Waals surface area (Å²) in [6.07, 6.45) is 8.54. The standard InChI is InChI=1S/C13H26N2S/c1-14-8-7-12-5-2-3-9-15(12)13-6-4-10-16-11-13/h12-14H,2-11H2,1H3. The summed E-state index contributed by atoms with van der Waals surface area (Å²) in [7, 11) is 2.07. The van der Waals surface area contributed by atoms with Crippen molar-refractivity contribution in [2.75, 3.05) is 31.6 Å². The fourth-order valence-corrected chi connectivity index (χ4v) is 4.28. The lowest BCUT2D eigenvalue weighted by molar-refractivity contribution is 0.0933. The predicted molar refractivity (Wildman–Crippen MR) is 73.2 cm³/mol. The molecule has 0 aromatic rings. The molecule has 2 aliphatic rings. The van der Waals surface area contributed by atoms with E-state index in [0.29, 0.717) is 0 Å². The van der Waals surface area contributed by atoms with E-state index in [1.165, 1.54) is 63.1 Å². The van der Waals surface area contributed by atoms with E-state index in [1.807, 2.05) is 0 Å². The molecule has 0 saturated carbocycles. The molecule has 0 radical (unpaired) electrons. The van der Waals surface area contributed by atoms with Crippen molar-refractivity contribution in [3.8, 4) is 0 Å². The lowest BCUT2D eigenvalue weighted by atomic mass is 9.96. The van der Waals surface area contributed by atoms with Gasteiger partial charge in [0.05, 0.1) is 0 Å². The summed E-state index contributed by atoms with van der Waals surface area (Å²) >= 11 is 2.17. The van der Waals surface area contributed by atoms with Gasteiger partial charge in [0.1, 0.15) is 0 Å². The molecule has 16 heavy (non-hydrogen) atoms. The van der Waals surface area contributed by atoms with Gasteiger partial charge < -0.3 is 5.32 Å². The molecule has 2 atom stereocenters. The van der Waals surface area contributed by atoms with Crippen molar-refractivity contribution >= 4 is 11.8 Å². The second-order valence-electron chi connectivity index (χ2n) is 5.15. The molecule has 0 bridgehead atoms. The topological polar surface area (TPSA) is 15.3 Å². The van der Waals surface area contributed by atoms with Crippen LogP contribution in [-0.4, -0.2) is 48.6 Å². The molecule has 94 valence electrons. The van der Waals surface area contributed by atoms with Crippen molar-refractivity contribution in [2.45, 2.75) is 50.6 Å². The van der Waals surface area contributed by atoms with Crippen LogP contribution in [0.3, 0.4) is 0 Å². The van der Waals surface area contributed by atoms with E-state index in [9.17, 15) is 0 Å². The number of piperidine rings is 1. The maximum atomic E-state index is 3.31. The van der Waals surface area contributed by atoms with Gasteiger partial charge in [-0.15, -0.1) is 0 Å². The fraction of sp³-hybridized carbons (Fsp3) is 1.00. The molecular formula is C13H26N2S. The van der Waals surface area contributed by atoms with Crippen molar-refractivity contribution in [3.05, 3.63) is 0 Å². The summed E-state index contributed by atoms with van der Waals surface area (Å²) in [6, 6.07) is 1.76. The quantitative estimate of drug-likeness (QED) is 0.815. The number of hydrogen-bond acceptors (Lipinski definition) is 3. The predicted octanol–water partition coefficient (Wildman–Crippen LogP) is 2.35. The van der Waals surface area contributed by atoms with E-state index >= 15 is 0 Å². The SMILES string of the molecule is CNCCC1CCCCN1C1CCCSC1. The summed E-state index contributed by atoms with van der Waals surface area (Å²) < 4.78 is 0. The molecule has 2 fully saturated rings. The van der Waals surface area contributed by atoms with Crippen molar-refractivity contribution in [3.63, 3.8) is 0 Å². The Morgan fingerprint density at radius 3 is 2.94 bits per heavy atom. The third-order valence-corrected chi connectivity index (χ3v) is 5.20. The minimum absolute atomic E-state index is 0.866. The smallest absolute Gasteiger partial charge is 0.0189 e. The maximum Gasteiger partial charge on any atom is 0.0189 e. The lowest BCUT2D eigenvalue weighted by Gasteiger charge is -2.42. The number of thioether (sulfide) groups is 1. The van der Waals surface area contributed by atoms with Gasteiger partial charge >= 0.3 is 0 Å². The zero-order valence-electron chi connectivity index (χ0n) is 10.6. The first-order chi connectivity index (χ1) is 7.92. The second kappa shape index (κ2) is 6.87. The summed E-state index contributed by atoms with van der Waals surface area (Å²) in [5.74, 6) is 2.78. The average Bonchev–Trinajstić information content (AvgIpc) is 2.38. The molecule has 0 amide bonds. The first-order valence-electron chi connectivity index (χ1n) is 6.90. The molecule has 2 rings (SSSR count). The minimum Gasteiger partial charge on any atom is -0.320 e. The van der Waals surface area contributed by atoms with Crippen molar-refractivity contribution in [2.24, 2.45) is 0 Å². The second-order valence-corrected chi connectivity index (χ2v) is 6.30. The Balaban J connectivity index is 1.86. The van der Waals surface area contributed by atoms with E-state index in [4.69, 9.17) is 0 Å². The molecule has 3 heteroatoms. The van der Waals surface area contributed by atoms with Crippen LogP contribution in [0.25, 0.3) is 0 Å². The number of nitrogens with one attached hydrogen (secondary N) is 1. The summed E-state index contributed by atoms with van der Waals surface area (Å²) in [4.78, 5) is 2.84. The number of rotatable bonds is 4. The van der Waals surface area contributed by atoms with Crippen LogP contribution >= 0.6 is 11.8 Å². The number of likely N-dealkylation sites (tertiary alicyclic amines) is 1. The van der Waals surface area contributed by atoms with Gasteiger partial charge in [-0.2, -0.15) is 11.8 Å². The molecule has 2 unspecified atom stereocenters. The Labute approximate surface area is 105 Å². The first-order valence-corrected chi connectivity index (χ1v) is 8.05. The van der Waals surface area contributed by atoms with Crippen molar-refractivity contribution in [1.29, 1.82) is 0 Å². The molecule has 0 aliphatic carbocycles. The average molecular weight is 242 g/mol. The van der Waals surface area contributed by atoms with Crippen molar-refractivity contribution in [1.82, 2.24) is 10.2 Å². The van der Waals surface area contributed by atoms with E-state index in [1.54, 1.807) is 0 Å². The Morgan fingerprint density at radius 1 is 1.25 bits per heavy atom. The van der Waals surface area contributed by atoms with Gasteiger partial charge in [-0.1, -0.05) is 6.42 Å². The van der Waals surface area contributed by atoms with Crippen LogP contribution in [0.15, 0.2) is 0 Å². The van der Waals surface area contributed by atoms with Crippen LogP contribution in [0.1, 0.15) is 38.5 Å². The molecule has 2 nitrogen and oxygen atoms in total. The van der Waals surface area contributed by atoms with Crippen LogP contribution in [0.2, 0.25) is 0 Å². The van der Waals surface area contributed by atoms with Gasteiger partial charge in [-0.25, -0.2) is 0 Å². The van der Waals surface area contributed by atoms with Crippen LogP contribution in [0, 0.1) is 0 Å². The molecular weight excluding hydrogens is 216 g/mol. The molecule has 2 heterocycles. The normalized spacial score (nSPS) is 32.8. The third-order valence-electron chi connectivity index (χ3n) is 4.01. The molecule has 0 aromatic heterocycles. The molecule has 0 spiro atoms. The largest absolute Gasteiger partial charge is 0.320 e. The van der Waals surface area contributed by atoms with Gasteiger partial charge in [0, 0.05) is 17.8 Å². The third kappa shape index (κ3) is 3.38. The van der Waals surface area contributed by atoms with Crippen molar-refractivity contribution < 1.29 is 0 Å². The van der Waals surface area contributed by atoms with Crippen LogP contribution in [-0.2, 0) is 0 Å². The summed E-state index contributed by atoms with van der Waals surface area (Å²) in [5.41, 5.74) is 0. The highest BCUT2D eigenvalue weighted by molar-refractivity contribution is 7.99. The molecule has 2 saturated heterocycles.